The lowest BCUT2D eigenvalue weighted by atomic mass is 10.0. The summed E-state index contributed by atoms with van der Waals surface area (Å²) in [5.41, 5.74) is 0.338. The molecule has 17 heavy (non-hydrogen) atoms. The van der Waals surface area contributed by atoms with E-state index >= 15 is 0 Å². The molecule has 0 spiro atoms. The van der Waals surface area contributed by atoms with Crippen molar-refractivity contribution in [2.75, 3.05) is 0 Å². The van der Waals surface area contributed by atoms with Gasteiger partial charge in [-0.3, -0.25) is 4.79 Å². The van der Waals surface area contributed by atoms with Gasteiger partial charge in [0.15, 0.2) is 0 Å². The van der Waals surface area contributed by atoms with E-state index < -0.39 is 24.5 Å². The van der Waals surface area contributed by atoms with Crippen LogP contribution in [0.3, 0.4) is 0 Å². The maximum Gasteiger partial charge on any atom is 0.391 e. The van der Waals surface area contributed by atoms with Gasteiger partial charge in [0.1, 0.15) is 0 Å². The lowest BCUT2D eigenvalue weighted by Crippen LogP contribution is -2.30. The Hall–Kier alpha value is -1.23. The summed E-state index contributed by atoms with van der Waals surface area (Å²) in [7, 11) is 0. The average molecular weight is 266 g/mol. The van der Waals surface area contributed by atoms with Crippen LogP contribution in [0.1, 0.15) is 24.9 Å². The minimum absolute atomic E-state index is 0.333. The highest BCUT2D eigenvalue weighted by Crippen LogP contribution is 2.30. The molecule has 0 radical (unpaired) electrons. The number of nitrogens with one attached hydrogen (secondary N) is 1. The summed E-state index contributed by atoms with van der Waals surface area (Å²) >= 11 is 5.70. The van der Waals surface area contributed by atoms with Crippen LogP contribution in [0.5, 0.6) is 0 Å². The van der Waals surface area contributed by atoms with Crippen LogP contribution in [0.2, 0.25) is 5.02 Å². The van der Waals surface area contributed by atoms with Gasteiger partial charge in [0.2, 0.25) is 5.91 Å². The van der Waals surface area contributed by atoms with E-state index in [0.29, 0.717) is 10.6 Å². The fraction of sp³-hybridized carbons (Fsp3) is 0.364. The van der Waals surface area contributed by atoms with Crippen molar-refractivity contribution in [2.45, 2.75) is 25.6 Å². The maximum absolute atomic E-state index is 12.4. The van der Waals surface area contributed by atoms with Gasteiger partial charge < -0.3 is 5.32 Å². The summed E-state index contributed by atoms with van der Waals surface area (Å²) in [6, 6.07) is 4.91. The van der Waals surface area contributed by atoms with Gasteiger partial charge in [-0.25, -0.2) is 0 Å². The monoisotopic (exact) mass is 265 g/mol. The van der Waals surface area contributed by atoms with Crippen molar-refractivity contribution in [3.8, 4) is 0 Å². The predicted octanol–water partition coefficient (Wildman–Crippen LogP) is 3.47. The Morgan fingerprint density at radius 1 is 1.47 bits per heavy atom. The van der Waals surface area contributed by atoms with Crippen molar-refractivity contribution in [2.24, 2.45) is 0 Å². The van der Waals surface area contributed by atoms with E-state index in [-0.39, 0.29) is 0 Å². The molecule has 0 saturated carbocycles. The van der Waals surface area contributed by atoms with Crippen molar-refractivity contribution < 1.29 is 18.0 Å². The predicted molar refractivity (Wildman–Crippen MR) is 58.7 cm³/mol. The summed E-state index contributed by atoms with van der Waals surface area (Å²) in [4.78, 5) is 10.9. The minimum atomic E-state index is -4.35. The quantitative estimate of drug-likeness (QED) is 0.891. The molecule has 0 aliphatic rings. The summed E-state index contributed by atoms with van der Waals surface area (Å²) in [6.07, 6.45) is -5.47. The van der Waals surface area contributed by atoms with Crippen LogP contribution in [-0.4, -0.2) is 12.1 Å². The number of alkyl halides is 3. The fourth-order valence-corrected chi connectivity index (χ4v) is 1.65. The second-order valence-corrected chi connectivity index (χ2v) is 4.06. The number of carbonyl (C=O) groups excluding carboxylic acids is 1. The molecule has 0 unspecified atom stereocenters. The average Bonchev–Trinajstić information content (AvgIpc) is 2.13. The highest BCUT2D eigenvalue weighted by atomic mass is 35.5. The third kappa shape index (κ3) is 5.08. The summed E-state index contributed by atoms with van der Waals surface area (Å²) < 4.78 is 37.1. The van der Waals surface area contributed by atoms with Crippen LogP contribution in [-0.2, 0) is 4.79 Å². The molecule has 0 aromatic heterocycles. The van der Waals surface area contributed by atoms with E-state index in [1.165, 1.54) is 19.1 Å². The molecule has 0 heterocycles. The molecule has 6 heteroatoms. The summed E-state index contributed by atoms with van der Waals surface area (Å²) in [6.45, 7) is 1.17. The molecule has 1 N–H and O–H groups in total. The number of hydrogen-bond acceptors (Lipinski definition) is 1. The maximum atomic E-state index is 12.4. The highest BCUT2D eigenvalue weighted by Gasteiger charge is 2.33. The zero-order valence-electron chi connectivity index (χ0n) is 9.01. The Kier molecular flexibility index (Phi) is 4.40. The summed E-state index contributed by atoms with van der Waals surface area (Å²) in [5.74, 6) is -0.515. The topological polar surface area (TPSA) is 29.1 Å². The standard InChI is InChI=1S/C11H11ClF3NO/c1-7(17)16-10(6-11(13,14)15)8-3-2-4-9(12)5-8/h2-5,10H,6H2,1H3,(H,16,17)/t10-/m0/s1. The van der Waals surface area contributed by atoms with Crippen LogP contribution in [0.25, 0.3) is 0 Å². The van der Waals surface area contributed by atoms with E-state index in [1.54, 1.807) is 12.1 Å². The van der Waals surface area contributed by atoms with Gasteiger partial charge in [-0.15, -0.1) is 0 Å². The molecule has 1 amide bonds. The van der Waals surface area contributed by atoms with Crippen LogP contribution < -0.4 is 5.32 Å². The Morgan fingerprint density at radius 3 is 2.59 bits per heavy atom. The Balaban J connectivity index is 2.93. The molecule has 2 nitrogen and oxygen atoms in total. The third-order valence-corrected chi connectivity index (χ3v) is 2.30. The van der Waals surface area contributed by atoms with Gasteiger partial charge in [0.25, 0.3) is 0 Å². The Labute approximate surface area is 102 Å². The molecule has 0 saturated heterocycles. The first-order valence-corrected chi connectivity index (χ1v) is 5.25. The van der Waals surface area contributed by atoms with E-state index in [9.17, 15) is 18.0 Å². The molecular formula is C11H11ClF3NO. The van der Waals surface area contributed by atoms with Crippen LogP contribution in [0.15, 0.2) is 24.3 Å². The fourth-order valence-electron chi connectivity index (χ4n) is 1.45. The number of carbonyl (C=O) groups is 1. The van der Waals surface area contributed by atoms with E-state index in [1.807, 2.05) is 0 Å². The molecule has 1 atom stereocenters. The second kappa shape index (κ2) is 5.40. The molecule has 0 aliphatic carbocycles. The van der Waals surface area contributed by atoms with Crippen LogP contribution in [0, 0.1) is 0 Å². The Morgan fingerprint density at radius 2 is 2.12 bits per heavy atom. The van der Waals surface area contributed by atoms with E-state index in [2.05, 4.69) is 5.32 Å². The molecule has 0 aliphatic heterocycles. The molecule has 1 aromatic rings. The van der Waals surface area contributed by atoms with Crippen LogP contribution >= 0.6 is 11.6 Å². The zero-order valence-corrected chi connectivity index (χ0v) is 9.77. The van der Waals surface area contributed by atoms with Crippen molar-refractivity contribution in [3.05, 3.63) is 34.9 Å². The van der Waals surface area contributed by atoms with Gasteiger partial charge in [-0.1, -0.05) is 23.7 Å². The number of halogens is 4. The number of rotatable bonds is 3. The zero-order chi connectivity index (χ0) is 13.1. The molecule has 94 valence electrons. The largest absolute Gasteiger partial charge is 0.391 e. The van der Waals surface area contributed by atoms with Gasteiger partial charge in [0, 0.05) is 11.9 Å². The number of hydrogen-bond donors (Lipinski definition) is 1. The van der Waals surface area contributed by atoms with Crippen molar-refractivity contribution in [1.29, 1.82) is 0 Å². The third-order valence-electron chi connectivity index (χ3n) is 2.06. The number of benzene rings is 1. The smallest absolute Gasteiger partial charge is 0.349 e. The Bertz CT molecular complexity index is 406. The van der Waals surface area contributed by atoms with Crippen molar-refractivity contribution >= 4 is 17.5 Å². The van der Waals surface area contributed by atoms with Gasteiger partial charge in [-0.2, -0.15) is 13.2 Å². The second-order valence-electron chi connectivity index (χ2n) is 3.63. The van der Waals surface area contributed by atoms with Crippen LogP contribution in [0.4, 0.5) is 13.2 Å². The molecular weight excluding hydrogens is 255 g/mol. The summed E-state index contributed by atoms with van der Waals surface area (Å²) in [5, 5.41) is 2.60. The first-order chi connectivity index (χ1) is 7.78. The molecule has 0 bridgehead atoms. The van der Waals surface area contributed by atoms with Crippen molar-refractivity contribution in [1.82, 2.24) is 5.32 Å². The highest BCUT2D eigenvalue weighted by molar-refractivity contribution is 6.30. The minimum Gasteiger partial charge on any atom is -0.349 e. The van der Waals surface area contributed by atoms with Crippen molar-refractivity contribution in [3.63, 3.8) is 0 Å². The molecule has 1 aromatic carbocycles. The molecule has 0 fully saturated rings. The first-order valence-electron chi connectivity index (χ1n) is 4.87. The van der Waals surface area contributed by atoms with Gasteiger partial charge >= 0.3 is 6.18 Å². The SMILES string of the molecule is CC(=O)N[C@@H](CC(F)(F)F)c1cccc(Cl)c1. The molecule has 1 rings (SSSR count). The normalized spacial score (nSPS) is 13.2. The van der Waals surface area contributed by atoms with Gasteiger partial charge in [0.05, 0.1) is 12.5 Å². The lowest BCUT2D eigenvalue weighted by molar-refractivity contribution is -0.142. The van der Waals surface area contributed by atoms with E-state index in [4.69, 9.17) is 11.6 Å². The lowest BCUT2D eigenvalue weighted by Gasteiger charge is -2.20. The van der Waals surface area contributed by atoms with Gasteiger partial charge in [-0.05, 0) is 17.7 Å². The first kappa shape index (κ1) is 13.8. The number of amides is 1. The van der Waals surface area contributed by atoms with E-state index in [0.717, 1.165) is 0 Å².